The van der Waals surface area contributed by atoms with Crippen LogP contribution in [0.3, 0.4) is 0 Å². The van der Waals surface area contributed by atoms with Gasteiger partial charge in [-0.15, -0.1) is 0 Å². The Bertz CT molecular complexity index is 2820. The molecule has 0 aliphatic carbocycles. The summed E-state index contributed by atoms with van der Waals surface area (Å²) in [6.45, 7) is 0. The van der Waals surface area contributed by atoms with Crippen LogP contribution >= 0.6 is 0 Å². The summed E-state index contributed by atoms with van der Waals surface area (Å²) in [4.78, 5) is 7.31. The van der Waals surface area contributed by atoms with Crippen LogP contribution in [-0.2, 0) is 0 Å². The van der Waals surface area contributed by atoms with E-state index in [4.69, 9.17) is 9.40 Å². The van der Waals surface area contributed by atoms with Gasteiger partial charge in [-0.3, -0.25) is 0 Å². The molecule has 0 saturated carbocycles. The van der Waals surface area contributed by atoms with E-state index >= 15 is 0 Å². The van der Waals surface area contributed by atoms with Gasteiger partial charge >= 0.3 is 0 Å². The van der Waals surface area contributed by atoms with Gasteiger partial charge in [0.15, 0.2) is 5.58 Å². The van der Waals surface area contributed by atoms with Gasteiger partial charge in [-0.1, -0.05) is 146 Å². The highest BCUT2D eigenvalue weighted by molar-refractivity contribution is 6.11. The second-order valence-electron chi connectivity index (χ2n) is 13.6. The van der Waals surface area contributed by atoms with Crippen molar-refractivity contribution in [2.24, 2.45) is 0 Å². The zero-order chi connectivity index (χ0) is 35.8. The zero-order valence-corrected chi connectivity index (χ0v) is 29.4. The Morgan fingerprint density at radius 1 is 0.352 bits per heavy atom. The molecular weight excluding hydrogens is 657 g/mol. The van der Waals surface area contributed by atoms with Crippen molar-refractivity contribution in [3.63, 3.8) is 0 Å². The van der Waals surface area contributed by atoms with Crippen LogP contribution in [0, 0.1) is 0 Å². The molecule has 0 N–H and O–H groups in total. The standard InChI is InChI=1S/C51H34N2O/c1-4-12-35(13-5-1)37-22-27-43(28-23-37)53(44-29-24-38(25-30-44)36-14-6-2-7-15-36)45-31-26-39-20-21-41(32-42(39)33-45)48-34-49-50(47-19-11-10-18-46(47)48)54-51(52-49)40-16-8-3-9-17-40/h1-34H. The Balaban J connectivity index is 1.09. The van der Waals surface area contributed by atoms with Crippen LogP contribution in [0.1, 0.15) is 0 Å². The van der Waals surface area contributed by atoms with Crippen LogP contribution in [0.15, 0.2) is 211 Å². The van der Waals surface area contributed by atoms with Gasteiger partial charge in [-0.25, -0.2) is 4.98 Å². The van der Waals surface area contributed by atoms with Gasteiger partial charge < -0.3 is 9.32 Å². The SMILES string of the molecule is c1ccc(-c2ccc(N(c3ccc(-c4ccccc4)cc3)c3ccc4ccc(-c5cc6nc(-c7ccccc7)oc6c6ccccc56)cc4c3)cc2)cc1. The summed E-state index contributed by atoms with van der Waals surface area (Å²) >= 11 is 0. The van der Waals surface area contributed by atoms with Crippen LogP contribution < -0.4 is 4.90 Å². The monoisotopic (exact) mass is 690 g/mol. The molecule has 0 spiro atoms. The predicted octanol–water partition coefficient (Wildman–Crippen LogP) is 14.3. The van der Waals surface area contributed by atoms with Crippen molar-refractivity contribution in [3.8, 4) is 44.8 Å². The van der Waals surface area contributed by atoms with E-state index in [0.717, 1.165) is 61.0 Å². The first-order chi connectivity index (χ1) is 26.7. The number of nitrogens with zero attached hydrogens (tertiary/aromatic N) is 2. The molecular formula is C51H34N2O. The first-order valence-electron chi connectivity index (χ1n) is 18.3. The third-order valence-electron chi connectivity index (χ3n) is 10.3. The predicted molar refractivity (Wildman–Crippen MR) is 225 cm³/mol. The summed E-state index contributed by atoms with van der Waals surface area (Å²) in [7, 11) is 0. The molecule has 10 rings (SSSR count). The molecule has 1 heterocycles. The van der Waals surface area contributed by atoms with Crippen molar-refractivity contribution in [1.29, 1.82) is 0 Å². The van der Waals surface area contributed by atoms with E-state index in [1.165, 1.54) is 27.6 Å². The molecule has 254 valence electrons. The van der Waals surface area contributed by atoms with Crippen LogP contribution in [-0.4, -0.2) is 4.98 Å². The molecule has 1 aromatic heterocycles. The molecule has 54 heavy (non-hydrogen) atoms. The quantitative estimate of drug-likeness (QED) is 0.167. The van der Waals surface area contributed by atoms with E-state index in [1.54, 1.807) is 0 Å². The molecule has 0 aliphatic rings. The van der Waals surface area contributed by atoms with Crippen LogP contribution in [0.2, 0.25) is 0 Å². The number of oxazole rings is 1. The van der Waals surface area contributed by atoms with Crippen LogP contribution in [0.5, 0.6) is 0 Å². The van der Waals surface area contributed by atoms with Crippen molar-refractivity contribution in [2.45, 2.75) is 0 Å². The van der Waals surface area contributed by atoms with Gasteiger partial charge in [0, 0.05) is 28.0 Å². The number of benzene rings is 9. The summed E-state index contributed by atoms with van der Waals surface area (Å²) in [6, 6.07) is 73.0. The lowest BCUT2D eigenvalue weighted by molar-refractivity contribution is 0.623. The van der Waals surface area contributed by atoms with Crippen molar-refractivity contribution < 1.29 is 4.42 Å². The Morgan fingerprint density at radius 2 is 0.833 bits per heavy atom. The van der Waals surface area contributed by atoms with Crippen molar-refractivity contribution in [3.05, 3.63) is 206 Å². The summed E-state index contributed by atoms with van der Waals surface area (Å²) in [5.74, 6) is 0.629. The van der Waals surface area contributed by atoms with E-state index < -0.39 is 0 Å². The smallest absolute Gasteiger partial charge is 0.227 e. The van der Waals surface area contributed by atoms with Gasteiger partial charge in [0.1, 0.15) is 5.52 Å². The highest BCUT2D eigenvalue weighted by Gasteiger charge is 2.17. The Labute approximate surface area is 314 Å². The first kappa shape index (κ1) is 31.5. The third kappa shape index (κ3) is 5.78. The summed E-state index contributed by atoms with van der Waals surface area (Å²) < 4.78 is 6.40. The molecule has 0 radical (unpaired) electrons. The summed E-state index contributed by atoms with van der Waals surface area (Å²) in [5, 5.41) is 4.53. The van der Waals surface area contributed by atoms with Crippen molar-refractivity contribution >= 4 is 49.7 Å². The van der Waals surface area contributed by atoms with Crippen molar-refractivity contribution in [2.75, 3.05) is 4.90 Å². The Hall–Kier alpha value is -7.23. The summed E-state index contributed by atoms with van der Waals surface area (Å²) in [5.41, 5.74) is 12.9. The molecule has 0 unspecified atom stereocenters. The van der Waals surface area contributed by atoms with Gasteiger partial charge in [0.25, 0.3) is 0 Å². The fourth-order valence-corrected chi connectivity index (χ4v) is 7.55. The Morgan fingerprint density at radius 3 is 1.44 bits per heavy atom. The molecule has 0 fully saturated rings. The highest BCUT2D eigenvalue weighted by atomic mass is 16.3. The lowest BCUT2D eigenvalue weighted by atomic mass is 9.95. The fourth-order valence-electron chi connectivity index (χ4n) is 7.55. The maximum atomic E-state index is 6.40. The maximum absolute atomic E-state index is 6.40. The minimum atomic E-state index is 0.629. The minimum absolute atomic E-state index is 0.629. The highest BCUT2D eigenvalue weighted by Crippen LogP contribution is 2.41. The number of rotatable bonds is 7. The lowest BCUT2D eigenvalue weighted by Gasteiger charge is -2.26. The molecule has 0 aliphatic heterocycles. The van der Waals surface area contributed by atoms with E-state index in [2.05, 4.69) is 181 Å². The molecule has 0 atom stereocenters. The van der Waals surface area contributed by atoms with Gasteiger partial charge in [-0.05, 0) is 110 Å². The molecule has 9 aromatic carbocycles. The zero-order valence-electron chi connectivity index (χ0n) is 29.4. The molecule has 0 saturated heterocycles. The van der Waals surface area contributed by atoms with Crippen molar-refractivity contribution in [1.82, 2.24) is 4.98 Å². The van der Waals surface area contributed by atoms with E-state index in [0.29, 0.717) is 5.89 Å². The number of aromatic nitrogens is 1. The maximum Gasteiger partial charge on any atom is 0.227 e. The average Bonchev–Trinajstić information content (AvgIpc) is 3.70. The van der Waals surface area contributed by atoms with E-state index in [1.807, 2.05) is 30.3 Å². The number of hydrogen-bond donors (Lipinski definition) is 0. The topological polar surface area (TPSA) is 29.3 Å². The second-order valence-corrected chi connectivity index (χ2v) is 13.6. The number of hydrogen-bond acceptors (Lipinski definition) is 3. The average molecular weight is 691 g/mol. The van der Waals surface area contributed by atoms with E-state index in [9.17, 15) is 0 Å². The third-order valence-corrected chi connectivity index (χ3v) is 10.3. The van der Waals surface area contributed by atoms with Gasteiger partial charge in [0.2, 0.25) is 5.89 Å². The molecule has 3 nitrogen and oxygen atoms in total. The molecule has 3 heteroatoms. The lowest BCUT2D eigenvalue weighted by Crippen LogP contribution is -2.09. The van der Waals surface area contributed by atoms with E-state index in [-0.39, 0.29) is 0 Å². The van der Waals surface area contributed by atoms with Crippen LogP contribution in [0.4, 0.5) is 17.1 Å². The summed E-state index contributed by atoms with van der Waals surface area (Å²) in [6.07, 6.45) is 0. The largest absolute Gasteiger partial charge is 0.435 e. The molecule has 0 amide bonds. The minimum Gasteiger partial charge on any atom is -0.435 e. The Kier molecular flexibility index (Phi) is 7.81. The first-order valence-corrected chi connectivity index (χ1v) is 18.3. The molecule has 0 bridgehead atoms. The van der Waals surface area contributed by atoms with Gasteiger partial charge in [0.05, 0.1) is 0 Å². The fraction of sp³-hybridized carbons (Fsp3) is 0. The number of anilines is 3. The normalized spacial score (nSPS) is 11.3. The van der Waals surface area contributed by atoms with Gasteiger partial charge in [-0.2, -0.15) is 0 Å². The second kappa shape index (κ2) is 13.4. The van der Waals surface area contributed by atoms with Crippen LogP contribution in [0.25, 0.3) is 77.5 Å². The molecule has 10 aromatic rings. The number of fused-ring (bicyclic) bond motifs is 4.